The zero-order valence-corrected chi connectivity index (χ0v) is 17.1. The highest BCUT2D eigenvalue weighted by Gasteiger charge is 2.18. The number of hydrogen-bond donors (Lipinski definition) is 2. The first-order valence-electron chi connectivity index (χ1n) is 9.39. The molecule has 0 saturated heterocycles. The molecule has 1 aromatic heterocycles. The van der Waals surface area contributed by atoms with Gasteiger partial charge in [-0.15, -0.1) is 0 Å². The molecular weight excluding hydrogens is 382 g/mol. The highest BCUT2D eigenvalue weighted by atomic mass is 35.5. The lowest BCUT2D eigenvalue weighted by Crippen LogP contribution is -2.10. The van der Waals surface area contributed by atoms with Crippen LogP contribution < -0.4 is 0 Å². The van der Waals surface area contributed by atoms with E-state index in [4.69, 9.17) is 16.6 Å². The average molecular weight is 404 g/mol. The Kier molecular flexibility index (Phi) is 5.38. The number of H-pyrrole nitrogens is 1. The fourth-order valence-corrected chi connectivity index (χ4v) is 3.63. The van der Waals surface area contributed by atoms with Gasteiger partial charge in [0.15, 0.2) is 5.88 Å². The van der Waals surface area contributed by atoms with Crippen LogP contribution in [0.25, 0.3) is 10.9 Å². The number of aromatic amines is 1. The Bertz CT molecular complexity index is 1180. The van der Waals surface area contributed by atoms with Crippen LogP contribution in [0, 0.1) is 0 Å². The van der Waals surface area contributed by atoms with E-state index in [0.29, 0.717) is 16.3 Å². The third kappa shape index (κ3) is 4.19. The van der Waals surface area contributed by atoms with Crippen molar-refractivity contribution in [1.82, 2.24) is 9.88 Å². The topological polar surface area (TPSA) is 51.6 Å². The molecule has 0 radical (unpaired) electrons. The highest BCUT2D eigenvalue weighted by Crippen LogP contribution is 2.32. The SMILES string of the molecule is CN(C)Cc1ccc(N=C(c2cccc(Cl)c2)c2c(O)[nH]c3ccccc23)cc1. The third-order valence-corrected chi connectivity index (χ3v) is 4.93. The first kappa shape index (κ1) is 19.2. The summed E-state index contributed by atoms with van der Waals surface area (Å²) in [5, 5.41) is 12.2. The van der Waals surface area contributed by atoms with Crippen molar-refractivity contribution >= 4 is 33.9 Å². The van der Waals surface area contributed by atoms with E-state index in [1.54, 1.807) is 0 Å². The second-order valence-corrected chi connectivity index (χ2v) is 7.71. The Morgan fingerprint density at radius 1 is 1.00 bits per heavy atom. The van der Waals surface area contributed by atoms with E-state index in [-0.39, 0.29) is 5.88 Å². The van der Waals surface area contributed by atoms with Crippen LogP contribution in [0.3, 0.4) is 0 Å². The van der Waals surface area contributed by atoms with Crippen LogP contribution in [0.1, 0.15) is 16.7 Å². The molecule has 4 aromatic rings. The van der Waals surface area contributed by atoms with E-state index < -0.39 is 0 Å². The molecule has 0 bridgehead atoms. The summed E-state index contributed by atoms with van der Waals surface area (Å²) in [6.07, 6.45) is 0. The minimum atomic E-state index is 0.0918. The maximum Gasteiger partial charge on any atom is 0.199 e. The normalized spacial score (nSPS) is 12.1. The Morgan fingerprint density at radius 3 is 2.48 bits per heavy atom. The number of aliphatic imine (C=N–C) groups is 1. The number of nitrogens with zero attached hydrogens (tertiary/aromatic N) is 2. The zero-order valence-electron chi connectivity index (χ0n) is 16.4. The first-order chi connectivity index (χ1) is 14.0. The fraction of sp³-hybridized carbons (Fsp3) is 0.125. The summed E-state index contributed by atoms with van der Waals surface area (Å²) in [6.45, 7) is 0.869. The predicted octanol–water partition coefficient (Wildman–Crippen LogP) is 5.76. The molecule has 0 unspecified atom stereocenters. The Labute approximate surface area is 175 Å². The van der Waals surface area contributed by atoms with E-state index in [1.807, 2.05) is 74.8 Å². The summed E-state index contributed by atoms with van der Waals surface area (Å²) >= 11 is 6.25. The molecule has 146 valence electrons. The van der Waals surface area contributed by atoms with Gasteiger partial charge < -0.3 is 15.0 Å². The van der Waals surface area contributed by atoms with Crippen LogP contribution in [-0.4, -0.2) is 34.8 Å². The Balaban J connectivity index is 1.87. The van der Waals surface area contributed by atoms with Crippen molar-refractivity contribution in [3.63, 3.8) is 0 Å². The quantitative estimate of drug-likeness (QED) is 0.416. The third-order valence-electron chi connectivity index (χ3n) is 4.70. The van der Waals surface area contributed by atoms with Crippen molar-refractivity contribution in [3.8, 4) is 5.88 Å². The van der Waals surface area contributed by atoms with Crippen molar-refractivity contribution < 1.29 is 5.11 Å². The van der Waals surface area contributed by atoms with Gasteiger partial charge in [-0.3, -0.25) is 0 Å². The predicted molar refractivity (Wildman–Crippen MR) is 121 cm³/mol. The molecular formula is C24H22ClN3O. The van der Waals surface area contributed by atoms with Crippen LogP contribution in [-0.2, 0) is 6.54 Å². The Morgan fingerprint density at radius 2 is 1.76 bits per heavy atom. The summed E-state index contributed by atoms with van der Waals surface area (Å²) < 4.78 is 0. The van der Waals surface area contributed by atoms with Crippen LogP contribution in [0.4, 0.5) is 5.69 Å². The summed E-state index contributed by atoms with van der Waals surface area (Å²) in [5.41, 5.74) is 5.06. The molecule has 0 spiro atoms. The molecule has 4 nitrogen and oxygen atoms in total. The van der Waals surface area contributed by atoms with E-state index >= 15 is 0 Å². The van der Waals surface area contributed by atoms with Gasteiger partial charge in [-0.05, 0) is 50.0 Å². The number of aromatic nitrogens is 1. The number of para-hydroxylation sites is 1. The number of halogens is 1. The number of rotatable bonds is 5. The van der Waals surface area contributed by atoms with Crippen molar-refractivity contribution in [2.24, 2.45) is 4.99 Å². The number of benzene rings is 3. The van der Waals surface area contributed by atoms with Crippen molar-refractivity contribution in [2.75, 3.05) is 14.1 Å². The lowest BCUT2D eigenvalue weighted by atomic mass is 10.0. The zero-order chi connectivity index (χ0) is 20.4. The number of fused-ring (bicyclic) bond motifs is 1. The molecule has 1 heterocycles. The van der Waals surface area contributed by atoms with Crippen molar-refractivity contribution in [2.45, 2.75) is 6.54 Å². The second kappa shape index (κ2) is 8.11. The smallest absolute Gasteiger partial charge is 0.199 e. The van der Waals surface area contributed by atoms with Gasteiger partial charge in [0.05, 0.1) is 17.0 Å². The summed E-state index contributed by atoms with van der Waals surface area (Å²) in [7, 11) is 4.09. The van der Waals surface area contributed by atoms with Gasteiger partial charge in [-0.25, -0.2) is 4.99 Å². The molecule has 0 aliphatic heterocycles. The van der Waals surface area contributed by atoms with Crippen LogP contribution in [0.15, 0.2) is 77.8 Å². The summed E-state index contributed by atoms with van der Waals surface area (Å²) in [6, 6.07) is 23.5. The second-order valence-electron chi connectivity index (χ2n) is 7.27. The fourth-order valence-electron chi connectivity index (χ4n) is 3.44. The number of nitrogens with one attached hydrogen (secondary N) is 1. The standard InChI is InChI=1S/C24H22ClN3O/c1-28(2)15-16-10-12-19(13-11-16)26-23(17-6-5-7-18(25)14-17)22-20-8-3-4-9-21(20)27-24(22)29/h3-14,27,29H,15H2,1-2H3. The minimum Gasteiger partial charge on any atom is -0.494 e. The molecule has 5 heteroatoms. The largest absolute Gasteiger partial charge is 0.494 e. The first-order valence-corrected chi connectivity index (χ1v) is 9.77. The summed E-state index contributed by atoms with van der Waals surface area (Å²) in [4.78, 5) is 10.1. The lowest BCUT2D eigenvalue weighted by molar-refractivity contribution is 0.402. The summed E-state index contributed by atoms with van der Waals surface area (Å²) in [5.74, 6) is 0.0918. The van der Waals surface area contributed by atoms with E-state index in [9.17, 15) is 5.11 Å². The molecule has 3 aromatic carbocycles. The molecule has 0 amide bonds. The maximum absolute atomic E-state index is 10.7. The Hall–Kier alpha value is -3.08. The molecule has 4 rings (SSSR count). The lowest BCUT2D eigenvalue weighted by Gasteiger charge is -2.10. The van der Waals surface area contributed by atoms with Gasteiger partial charge in [-0.2, -0.15) is 0 Å². The van der Waals surface area contributed by atoms with E-state index in [2.05, 4.69) is 22.0 Å². The number of hydrogen-bond acceptors (Lipinski definition) is 3. The van der Waals surface area contributed by atoms with Crippen LogP contribution in [0.2, 0.25) is 5.02 Å². The molecule has 0 atom stereocenters. The molecule has 0 saturated carbocycles. The number of aromatic hydroxyl groups is 1. The van der Waals surface area contributed by atoms with Gasteiger partial charge in [-0.1, -0.05) is 54.1 Å². The molecule has 0 aliphatic rings. The van der Waals surface area contributed by atoms with Gasteiger partial charge >= 0.3 is 0 Å². The van der Waals surface area contributed by atoms with Gasteiger partial charge in [0.25, 0.3) is 0 Å². The maximum atomic E-state index is 10.7. The van der Waals surface area contributed by atoms with Gasteiger partial charge in [0.2, 0.25) is 0 Å². The molecule has 0 aliphatic carbocycles. The van der Waals surface area contributed by atoms with Crippen molar-refractivity contribution in [3.05, 3.63) is 94.5 Å². The van der Waals surface area contributed by atoms with Crippen molar-refractivity contribution in [1.29, 1.82) is 0 Å². The highest BCUT2D eigenvalue weighted by molar-refractivity contribution is 6.31. The molecule has 0 fully saturated rings. The van der Waals surface area contributed by atoms with Crippen LogP contribution >= 0.6 is 11.6 Å². The van der Waals surface area contributed by atoms with Crippen LogP contribution in [0.5, 0.6) is 5.88 Å². The molecule has 2 N–H and O–H groups in total. The minimum absolute atomic E-state index is 0.0918. The average Bonchev–Trinajstić information content (AvgIpc) is 3.02. The van der Waals surface area contributed by atoms with E-state index in [0.717, 1.165) is 28.7 Å². The van der Waals surface area contributed by atoms with E-state index in [1.165, 1.54) is 5.56 Å². The monoisotopic (exact) mass is 403 g/mol. The molecule has 29 heavy (non-hydrogen) atoms. The van der Waals surface area contributed by atoms with Gasteiger partial charge in [0, 0.05) is 28.0 Å². The van der Waals surface area contributed by atoms with Gasteiger partial charge in [0.1, 0.15) is 0 Å².